The summed E-state index contributed by atoms with van der Waals surface area (Å²) in [6, 6.07) is 12.5. The van der Waals surface area contributed by atoms with Gasteiger partial charge >= 0.3 is 0 Å². The third kappa shape index (κ3) is 4.58. The maximum Gasteiger partial charge on any atom is 0.193 e. The van der Waals surface area contributed by atoms with E-state index in [1.54, 1.807) is 12.1 Å². The van der Waals surface area contributed by atoms with Gasteiger partial charge in [-0.1, -0.05) is 26.0 Å². The molecule has 0 atom stereocenters. The van der Waals surface area contributed by atoms with Gasteiger partial charge in [0.1, 0.15) is 0 Å². The Hall–Kier alpha value is -2.66. The zero-order chi connectivity index (χ0) is 25.4. The van der Waals surface area contributed by atoms with Crippen molar-refractivity contribution in [3.05, 3.63) is 63.1 Å². The van der Waals surface area contributed by atoms with Crippen molar-refractivity contribution in [1.82, 2.24) is 4.90 Å². The van der Waals surface area contributed by atoms with Crippen molar-refractivity contribution in [2.75, 3.05) is 56.7 Å². The van der Waals surface area contributed by atoms with E-state index in [2.05, 4.69) is 63.1 Å². The molecule has 3 aliphatic rings. The molecular formula is C29H33BrN4O2. The Bertz CT molecular complexity index is 1250. The van der Waals surface area contributed by atoms with E-state index in [4.69, 9.17) is 4.74 Å². The molecule has 0 radical (unpaired) electrons. The predicted octanol–water partition coefficient (Wildman–Crippen LogP) is 5.22. The van der Waals surface area contributed by atoms with Gasteiger partial charge in [0, 0.05) is 71.5 Å². The van der Waals surface area contributed by atoms with Crippen LogP contribution < -0.4 is 10.2 Å². The molecule has 0 saturated carbocycles. The summed E-state index contributed by atoms with van der Waals surface area (Å²) in [5, 5.41) is 12.5. The Morgan fingerprint density at radius 1 is 1.08 bits per heavy atom. The molecule has 0 bridgehead atoms. The molecule has 6 nitrogen and oxygen atoms in total. The molecule has 5 rings (SSSR count). The number of ether oxygens (including phenoxy) is 1. The number of hydrogen-bond donors (Lipinski definition) is 1. The van der Waals surface area contributed by atoms with Crippen LogP contribution in [-0.2, 0) is 10.2 Å². The minimum Gasteiger partial charge on any atom is -0.388 e. The van der Waals surface area contributed by atoms with E-state index < -0.39 is 0 Å². The second-order valence-corrected chi connectivity index (χ2v) is 11.3. The molecule has 0 spiro atoms. The van der Waals surface area contributed by atoms with E-state index >= 15 is 0 Å². The normalized spacial score (nSPS) is 20.5. The minimum absolute atomic E-state index is 0.0174. The van der Waals surface area contributed by atoms with Gasteiger partial charge in [-0.05, 0) is 58.6 Å². The molecule has 188 valence electrons. The predicted molar refractivity (Wildman–Crippen MR) is 148 cm³/mol. The molecule has 1 N–H and O–H groups in total. The summed E-state index contributed by atoms with van der Waals surface area (Å²) in [6.45, 7) is 10.1. The van der Waals surface area contributed by atoms with Crippen molar-refractivity contribution in [2.45, 2.75) is 38.1 Å². The number of carbonyl (C=O) groups excluding carboxylic acids is 1. The van der Waals surface area contributed by atoms with E-state index in [-0.39, 0.29) is 11.2 Å². The number of benzene rings is 2. The molecule has 0 amide bonds. The molecule has 2 fully saturated rings. The summed E-state index contributed by atoms with van der Waals surface area (Å²) in [5.74, 6) is 0.0174. The van der Waals surface area contributed by atoms with Crippen LogP contribution in [0.4, 0.5) is 11.4 Å². The lowest BCUT2D eigenvalue weighted by Gasteiger charge is -2.41. The van der Waals surface area contributed by atoms with Gasteiger partial charge in [-0.2, -0.15) is 5.26 Å². The fourth-order valence-electron chi connectivity index (χ4n) is 5.84. The van der Waals surface area contributed by atoms with E-state index in [1.807, 2.05) is 19.2 Å². The van der Waals surface area contributed by atoms with Crippen LogP contribution in [0, 0.1) is 11.3 Å². The summed E-state index contributed by atoms with van der Waals surface area (Å²) in [7, 11) is 1.82. The molecule has 7 heteroatoms. The zero-order valence-corrected chi connectivity index (χ0v) is 22.8. The number of nitrogens with zero attached hydrogens (tertiary/aromatic N) is 3. The average molecular weight is 550 g/mol. The largest absolute Gasteiger partial charge is 0.388 e. The van der Waals surface area contributed by atoms with E-state index in [9.17, 15) is 10.1 Å². The van der Waals surface area contributed by atoms with Crippen molar-refractivity contribution in [3.63, 3.8) is 0 Å². The first kappa shape index (κ1) is 25.0. The van der Waals surface area contributed by atoms with Gasteiger partial charge in [-0.25, -0.2) is 0 Å². The molecule has 2 aromatic carbocycles. The highest BCUT2D eigenvalue weighted by atomic mass is 79.9. The van der Waals surface area contributed by atoms with E-state index in [1.165, 1.54) is 5.69 Å². The highest BCUT2D eigenvalue weighted by molar-refractivity contribution is 9.10. The summed E-state index contributed by atoms with van der Waals surface area (Å²) in [4.78, 5) is 18.8. The Labute approximate surface area is 222 Å². The van der Waals surface area contributed by atoms with Gasteiger partial charge in [-0.3, -0.25) is 9.69 Å². The number of rotatable bonds is 4. The molecule has 2 saturated heterocycles. The number of anilines is 2. The second kappa shape index (κ2) is 10.0. The topological polar surface area (TPSA) is 68.6 Å². The van der Waals surface area contributed by atoms with Gasteiger partial charge in [-0.15, -0.1) is 0 Å². The van der Waals surface area contributed by atoms with E-state index in [0.717, 1.165) is 79.1 Å². The number of Topliss-reactive ketones (excluding diaryl/α,β-unsaturated/α-hetero) is 1. The Balaban J connectivity index is 1.43. The molecule has 0 unspecified atom stereocenters. The number of hydrogen-bond acceptors (Lipinski definition) is 6. The molecule has 0 aromatic heterocycles. The number of fused-ring (bicyclic) bond motifs is 1. The number of nitrogens with one attached hydrogen (secondary N) is 1. The van der Waals surface area contributed by atoms with Crippen LogP contribution >= 0.6 is 15.9 Å². The third-order valence-electron chi connectivity index (χ3n) is 7.85. The number of allylic oxidation sites excluding steroid dienone is 2. The lowest BCUT2D eigenvalue weighted by atomic mass is 9.72. The Kier molecular flexibility index (Phi) is 6.95. The minimum atomic E-state index is -0.320. The number of halogens is 1. The fraction of sp³-hybridized carbons (Fsp3) is 0.448. The first-order chi connectivity index (χ1) is 17.3. The first-order valence-corrected chi connectivity index (χ1v) is 13.5. The van der Waals surface area contributed by atoms with Crippen LogP contribution in [0.3, 0.4) is 0 Å². The zero-order valence-electron chi connectivity index (χ0n) is 21.2. The number of nitriles is 1. The quantitative estimate of drug-likeness (QED) is 0.564. The van der Waals surface area contributed by atoms with Crippen molar-refractivity contribution < 1.29 is 9.53 Å². The molecule has 2 heterocycles. The SMILES string of the molecule is CNc1cc(C#N)ccc1C1=CC(C)(C)c2cc(N3CCC(N4CCOCC4)CC3)c(Br)cc2C1=O. The van der Waals surface area contributed by atoms with Crippen molar-refractivity contribution >= 4 is 38.7 Å². The van der Waals surface area contributed by atoms with Gasteiger partial charge < -0.3 is 15.0 Å². The van der Waals surface area contributed by atoms with Gasteiger partial charge in [0.05, 0.1) is 30.5 Å². The molecular weight excluding hydrogens is 516 g/mol. The van der Waals surface area contributed by atoms with Gasteiger partial charge in [0.15, 0.2) is 5.78 Å². The summed E-state index contributed by atoms with van der Waals surface area (Å²) >= 11 is 3.80. The van der Waals surface area contributed by atoms with Crippen LogP contribution in [0.5, 0.6) is 0 Å². The van der Waals surface area contributed by atoms with Crippen LogP contribution in [0.1, 0.15) is 53.7 Å². The molecule has 2 aliphatic heterocycles. The fourth-order valence-corrected chi connectivity index (χ4v) is 6.44. The number of carbonyl (C=O) groups is 1. The summed E-state index contributed by atoms with van der Waals surface area (Å²) < 4.78 is 6.49. The maximum absolute atomic E-state index is 13.8. The lowest BCUT2D eigenvalue weighted by Crippen LogP contribution is -2.49. The second-order valence-electron chi connectivity index (χ2n) is 10.4. The molecule has 2 aromatic rings. The van der Waals surface area contributed by atoms with Crippen LogP contribution in [-0.4, -0.2) is 63.2 Å². The standard InChI is InChI=1S/C29H33BrN4O2/c1-29(2)17-23(21-5-4-19(18-31)14-26(21)32-3)28(35)22-15-25(30)27(16-24(22)29)34-8-6-20(7-9-34)33-10-12-36-13-11-33/h4-5,14-17,20,32H,6-13H2,1-3H3. The van der Waals surface area contributed by atoms with Crippen molar-refractivity contribution in [1.29, 1.82) is 5.26 Å². The summed E-state index contributed by atoms with van der Waals surface area (Å²) in [5.41, 5.74) is 5.49. The number of morpholine rings is 1. The van der Waals surface area contributed by atoms with Crippen molar-refractivity contribution in [3.8, 4) is 6.07 Å². The van der Waals surface area contributed by atoms with Crippen LogP contribution in [0.15, 0.2) is 40.9 Å². The first-order valence-electron chi connectivity index (χ1n) is 12.7. The lowest BCUT2D eigenvalue weighted by molar-refractivity contribution is 0.0115. The highest BCUT2D eigenvalue weighted by Gasteiger charge is 2.35. The molecule has 1 aliphatic carbocycles. The third-order valence-corrected chi connectivity index (χ3v) is 8.49. The summed E-state index contributed by atoms with van der Waals surface area (Å²) in [6.07, 6.45) is 4.37. The van der Waals surface area contributed by atoms with E-state index in [0.29, 0.717) is 17.2 Å². The Morgan fingerprint density at radius 3 is 2.47 bits per heavy atom. The number of ketones is 1. The smallest absolute Gasteiger partial charge is 0.193 e. The monoisotopic (exact) mass is 548 g/mol. The van der Waals surface area contributed by atoms with Gasteiger partial charge in [0.2, 0.25) is 0 Å². The maximum atomic E-state index is 13.8. The average Bonchev–Trinajstić information content (AvgIpc) is 2.91. The van der Waals surface area contributed by atoms with Crippen molar-refractivity contribution in [2.24, 2.45) is 0 Å². The number of piperidine rings is 1. The highest BCUT2D eigenvalue weighted by Crippen LogP contribution is 2.44. The Morgan fingerprint density at radius 2 is 1.81 bits per heavy atom. The van der Waals surface area contributed by atoms with Crippen LogP contribution in [0.2, 0.25) is 0 Å². The van der Waals surface area contributed by atoms with Crippen LogP contribution in [0.25, 0.3) is 5.57 Å². The van der Waals surface area contributed by atoms with Gasteiger partial charge in [0.25, 0.3) is 0 Å². The molecule has 36 heavy (non-hydrogen) atoms.